The van der Waals surface area contributed by atoms with Crippen LogP contribution in [0.1, 0.15) is 24.6 Å². The van der Waals surface area contributed by atoms with Gasteiger partial charge in [-0.1, -0.05) is 13.0 Å². The van der Waals surface area contributed by atoms with Crippen LogP contribution >= 0.6 is 0 Å². The summed E-state index contributed by atoms with van der Waals surface area (Å²) >= 11 is 0. The van der Waals surface area contributed by atoms with E-state index in [0.29, 0.717) is 6.54 Å². The lowest BCUT2D eigenvalue weighted by molar-refractivity contribution is 0.386. The molecule has 0 spiro atoms. The van der Waals surface area contributed by atoms with Gasteiger partial charge in [0.05, 0.1) is 7.11 Å². The van der Waals surface area contributed by atoms with Crippen LogP contribution in [0.5, 0.6) is 5.75 Å². The molecule has 0 saturated carbocycles. The van der Waals surface area contributed by atoms with E-state index >= 15 is 0 Å². The summed E-state index contributed by atoms with van der Waals surface area (Å²) < 4.78 is 20.7. The third-order valence-electron chi connectivity index (χ3n) is 3.49. The van der Waals surface area contributed by atoms with Crippen LogP contribution in [-0.2, 0) is 13.0 Å². The number of methoxy groups -OCH3 is 1. The van der Waals surface area contributed by atoms with Gasteiger partial charge in [0.15, 0.2) is 11.6 Å². The molecular formula is C16H21FN2O. The molecule has 4 heteroatoms. The van der Waals surface area contributed by atoms with Gasteiger partial charge in [0.2, 0.25) is 0 Å². The summed E-state index contributed by atoms with van der Waals surface area (Å²) in [4.78, 5) is 0. The van der Waals surface area contributed by atoms with Gasteiger partial charge in [0.1, 0.15) is 0 Å². The molecule has 2 N–H and O–H groups in total. The van der Waals surface area contributed by atoms with Crippen molar-refractivity contribution in [1.82, 2.24) is 4.57 Å². The van der Waals surface area contributed by atoms with E-state index in [4.69, 9.17) is 10.5 Å². The molecule has 0 aliphatic rings. The largest absolute Gasteiger partial charge is 0.494 e. The summed E-state index contributed by atoms with van der Waals surface area (Å²) in [6.45, 7) is 2.72. The molecule has 1 unspecified atom stereocenters. The highest BCUT2D eigenvalue weighted by atomic mass is 19.1. The van der Waals surface area contributed by atoms with Crippen LogP contribution in [0, 0.1) is 5.82 Å². The first-order valence-corrected chi connectivity index (χ1v) is 6.86. The number of rotatable bonds is 6. The van der Waals surface area contributed by atoms with Gasteiger partial charge in [0, 0.05) is 30.9 Å². The Morgan fingerprint density at radius 2 is 2.15 bits per heavy atom. The second-order valence-corrected chi connectivity index (χ2v) is 4.97. The Balaban J connectivity index is 2.14. The third-order valence-corrected chi connectivity index (χ3v) is 3.49. The summed E-state index contributed by atoms with van der Waals surface area (Å²) in [5.41, 5.74) is 8.08. The van der Waals surface area contributed by atoms with E-state index in [-0.39, 0.29) is 17.6 Å². The summed E-state index contributed by atoms with van der Waals surface area (Å²) in [5, 5.41) is 0. The smallest absolute Gasteiger partial charge is 0.165 e. The van der Waals surface area contributed by atoms with Crippen LogP contribution < -0.4 is 10.5 Å². The van der Waals surface area contributed by atoms with Crippen LogP contribution in [0.4, 0.5) is 4.39 Å². The molecule has 0 saturated heterocycles. The molecule has 0 amide bonds. The minimum Gasteiger partial charge on any atom is -0.494 e. The molecule has 1 aromatic carbocycles. The zero-order chi connectivity index (χ0) is 14.5. The quantitative estimate of drug-likeness (QED) is 0.881. The van der Waals surface area contributed by atoms with Gasteiger partial charge in [-0.05, 0) is 36.2 Å². The maximum Gasteiger partial charge on any atom is 0.165 e. The molecule has 0 fully saturated rings. The van der Waals surface area contributed by atoms with Crippen molar-refractivity contribution < 1.29 is 9.13 Å². The topological polar surface area (TPSA) is 40.2 Å². The van der Waals surface area contributed by atoms with E-state index in [0.717, 1.165) is 18.4 Å². The van der Waals surface area contributed by atoms with Crippen LogP contribution in [0.2, 0.25) is 0 Å². The van der Waals surface area contributed by atoms with E-state index in [1.54, 1.807) is 6.07 Å². The van der Waals surface area contributed by atoms with Gasteiger partial charge < -0.3 is 15.0 Å². The second-order valence-electron chi connectivity index (χ2n) is 4.97. The molecule has 1 atom stereocenters. The first kappa shape index (κ1) is 14.6. The van der Waals surface area contributed by atoms with E-state index in [9.17, 15) is 4.39 Å². The van der Waals surface area contributed by atoms with E-state index in [1.807, 2.05) is 18.3 Å². The first-order valence-electron chi connectivity index (χ1n) is 6.86. The molecule has 0 aliphatic heterocycles. The lowest BCUT2D eigenvalue weighted by atomic mass is 10.1. The van der Waals surface area contributed by atoms with Crippen molar-refractivity contribution in [1.29, 1.82) is 0 Å². The van der Waals surface area contributed by atoms with Gasteiger partial charge in [-0.2, -0.15) is 0 Å². The predicted octanol–water partition coefficient (Wildman–Crippen LogP) is 2.96. The number of halogens is 1. The average molecular weight is 276 g/mol. The summed E-state index contributed by atoms with van der Waals surface area (Å²) in [6.07, 6.45) is 3.78. The Hall–Kier alpha value is -1.81. The van der Waals surface area contributed by atoms with Crippen LogP contribution in [0.3, 0.4) is 0 Å². The van der Waals surface area contributed by atoms with E-state index in [2.05, 4.69) is 17.6 Å². The number of hydrogen-bond donors (Lipinski definition) is 1. The third kappa shape index (κ3) is 3.39. The van der Waals surface area contributed by atoms with Crippen LogP contribution in [0.15, 0.2) is 36.5 Å². The van der Waals surface area contributed by atoms with Crippen molar-refractivity contribution in [2.45, 2.75) is 32.4 Å². The fourth-order valence-electron chi connectivity index (χ4n) is 2.21. The minimum absolute atomic E-state index is 0.163. The molecule has 0 radical (unpaired) electrons. The van der Waals surface area contributed by atoms with Gasteiger partial charge in [-0.15, -0.1) is 0 Å². The number of nitrogens with zero attached hydrogens (tertiary/aromatic N) is 1. The average Bonchev–Trinajstić information content (AvgIpc) is 2.86. The second kappa shape index (κ2) is 6.57. The summed E-state index contributed by atoms with van der Waals surface area (Å²) in [6, 6.07) is 9.28. The summed E-state index contributed by atoms with van der Waals surface area (Å²) in [7, 11) is 1.47. The Bertz CT molecular complexity index is 565. The molecule has 0 bridgehead atoms. The molecule has 2 rings (SSSR count). The fourth-order valence-corrected chi connectivity index (χ4v) is 2.21. The van der Waals surface area contributed by atoms with Crippen molar-refractivity contribution in [3.05, 3.63) is 53.6 Å². The number of nitrogens with two attached hydrogens (primary N) is 1. The zero-order valence-electron chi connectivity index (χ0n) is 12.0. The molecule has 3 nitrogen and oxygen atoms in total. The predicted molar refractivity (Wildman–Crippen MR) is 78.5 cm³/mol. The molecule has 1 heterocycles. The Morgan fingerprint density at radius 1 is 1.35 bits per heavy atom. The first-order chi connectivity index (χ1) is 9.63. The molecule has 108 valence electrons. The minimum atomic E-state index is -0.330. The molecule has 1 aromatic heterocycles. The number of aromatic nitrogens is 1. The molecule has 0 aliphatic carbocycles. The van der Waals surface area contributed by atoms with Crippen molar-refractivity contribution in [3.8, 4) is 5.75 Å². The maximum atomic E-state index is 13.7. The maximum absolute atomic E-state index is 13.7. The monoisotopic (exact) mass is 276 g/mol. The number of benzene rings is 1. The lowest BCUT2D eigenvalue weighted by Gasteiger charge is -2.13. The van der Waals surface area contributed by atoms with Crippen molar-refractivity contribution >= 4 is 0 Å². The van der Waals surface area contributed by atoms with Gasteiger partial charge >= 0.3 is 0 Å². The fraction of sp³-hybridized carbons (Fsp3) is 0.375. The standard InChI is InChI=1S/C16H21FN2O/c1-3-13(18)10-14-5-4-8-19(14)11-12-6-7-16(20-2)15(17)9-12/h4-9,13H,3,10-11,18H2,1-2H3. The zero-order valence-corrected chi connectivity index (χ0v) is 12.0. The number of hydrogen-bond acceptors (Lipinski definition) is 2. The van der Waals surface area contributed by atoms with Crippen molar-refractivity contribution in [2.24, 2.45) is 5.73 Å². The van der Waals surface area contributed by atoms with Gasteiger partial charge in [0.25, 0.3) is 0 Å². The Kier molecular flexibility index (Phi) is 4.79. The highest BCUT2D eigenvalue weighted by molar-refractivity contribution is 5.29. The number of ether oxygens (including phenoxy) is 1. The Morgan fingerprint density at radius 3 is 2.80 bits per heavy atom. The summed E-state index contributed by atoms with van der Waals surface area (Å²) in [5.74, 6) is -0.0570. The SMILES string of the molecule is CCC(N)Cc1cccn1Cc1ccc(OC)c(F)c1. The van der Waals surface area contributed by atoms with Crippen LogP contribution in [0.25, 0.3) is 0 Å². The van der Waals surface area contributed by atoms with E-state index in [1.165, 1.54) is 18.9 Å². The normalized spacial score (nSPS) is 12.4. The highest BCUT2D eigenvalue weighted by Crippen LogP contribution is 2.19. The van der Waals surface area contributed by atoms with Gasteiger partial charge in [-0.25, -0.2) is 4.39 Å². The van der Waals surface area contributed by atoms with Crippen LogP contribution in [-0.4, -0.2) is 17.7 Å². The molecule has 20 heavy (non-hydrogen) atoms. The highest BCUT2D eigenvalue weighted by Gasteiger charge is 2.08. The lowest BCUT2D eigenvalue weighted by Crippen LogP contribution is -2.23. The van der Waals surface area contributed by atoms with Gasteiger partial charge in [-0.3, -0.25) is 0 Å². The molecule has 2 aromatic rings. The Labute approximate surface area is 119 Å². The molecular weight excluding hydrogens is 255 g/mol. The van der Waals surface area contributed by atoms with E-state index < -0.39 is 0 Å². The van der Waals surface area contributed by atoms with Crippen molar-refractivity contribution in [2.75, 3.05) is 7.11 Å². The van der Waals surface area contributed by atoms with Crippen molar-refractivity contribution in [3.63, 3.8) is 0 Å².